The SMILES string of the molecule is C=CCOC(=O)/C=C/C=C/C=C/C=C/CCCCCCCCCCC. The van der Waals surface area contributed by atoms with Gasteiger partial charge in [0.05, 0.1) is 0 Å². The molecule has 0 amide bonds. The minimum absolute atomic E-state index is 0.247. The van der Waals surface area contributed by atoms with Crippen molar-refractivity contribution in [3.63, 3.8) is 0 Å². The number of esters is 1. The number of carbonyl (C=O) groups is 1. The molecular weight excluding hydrogens is 308 g/mol. The van der Waals surface area contributed by atoms with E-state index in [0.717, 1.165) is 6.42 Å². The summed E-state index contributed by atoms with van der Waals surface area (Å²) in [6.07, 6.45) is 30.1. The largest absolute Gasteiger partial charge is 0.458 e. The lowest BCUT2D eigenvalue weighted by Crippen LogP contribution is -1.99. The van der Waals surface area contributed by atoms with Gasteiger partial charge in [-0.25, -0.2) is 4.79 Å². The predicted molar refractivity (Wildman–Crippen MR) is 110 cm³/mol. The summed E-state index contributed by atoms with van der Waals surface area (Å²) in [5.41, 5.74) is 0. The van der Waals surface area contributed by atoms with Crippen LogP contribution in [0.1, 0.15) is 71.1 Å². The van der Waals surface area contributed by atoms with Gasteiger partial charge in [0.2, 0.25) is 0 Å². The minimum Gasteiger partial charge on any atom is -0.458 e. The normalized spacial score (nSPS) is 12.0. The molecular formula is C23H36O2. The first-order chi connectivity index (χ1) is 12.3. The number of hydrogen-bond donors (Lipinski definition) is 0. The van der Waals surface area contributed by atoms with Gasteiger partial charge in [-0.3, -0.25) is 0 Å². The molecule has 2 nitrogen and oxygen atoms in total. The number of carbonyl (C=O) groups excluding carboxylic acids is 1. The molecule has 0 bridgehead atoms. The van der Waals surface area contributed by atoms with E-state index in [-0.39, 0.29) is 12.6 Å². The van der Waals surface area contributed by atoms with Gasteiger partial charge in [0, 0.05) is 6.08 Å². The van der Waals surface area contributed by atoms with E-state index in [0.29, 0.717) is 0 Å². The van der Waals surface area contributed by atoms with Gasteiger partial charge in [-0.15, -0.1) is 0 Å². The number of allylic oxidation sites excluding steroid dienone is 7. The standard InChI is InChI=1S/C23H36O2/c1-3-5-6-7-8-9-10-11-12-13-14-15-16-17-18-19-20-21-23(24)25-22-4-2/h4,14-21H,2-3,5-13,22H2,1H3/b15-14+,17-16+,19-18+,21-20+. The Balaban J connectivity index is 3.48. The van der Waals surface area contributed by atoms with Gasteiger partial charge in [-0.1, -0.05) is 113 Å². The van der Waals surface area contributed by atoms with Crippen LogP contribution in [0.2, 0.25) is 0 Å². The average Bonchev–Trinajstić information content (AvgIpc) is 2.62. The summed E-state index contributed by atoms with van der Waals surface area (Å²) in [6, 6.07) is 0. The van der Waals surface area contributed by atoms with Crippen molar-refractivity contribution in [1.82, 2.24) is 0 Å². The molecule has 0 heterocycles. The van der Waals surface area contributed by atoms with Crippen LogP contribution in [-0.2, 0) is 9.53 Å². The summed E-state index contributed by atoms with van der Waals surface area (Å²) in [7, 11) is 0. The Kier molecular flexibility index (Phi) is 18.7. The highest BCUT2D eigenvalue weighted by atomic mass is 16.5. The van der Waals surface area contributed by atoms with Crippen molar-refractivity contribution in [1.29, 1.82) is 0 Å². The topological polar surface area (TPSA) is 26.3 Å². The van der Waals surface area contributed by atoms with Gasteiger partial charge in [-0.2, -0.15) is 0 Å². The maximum absolute atomic E-state index is 11.1. The van der Waals surface area contributed by atoms with Crippen LogP contribution >= 0.6 is 0 Å². The van der Waals surface area contributed by atoms with Crippen molar-refractivity contribution < 1.29 is 9.53 Å². The molecule has 0 unspecified atom stereocenters. The summed E-state index contributed by atoms with van der Waals surface area (Å²) in [4.78, 5) is 11.1. The molecule has 0 atom stereocenters. The Morgan fingerprint density at radius 3 is 2.00 bits per heavy atom. The van der Waals surface area contributed by atoms with Crippen LogP contribution < -0.4 is 0 Å². The van der Waals surface area contributed by atoms with Crippen LogP contribution in [0.25, 0.3) is 0 Å². The Labute approximate surface area is 155 Å². The second-order valence-corrected chi connectivity index (χ2v) is 6.09. The van der Waals surface area contributed by atoms with Crippen LogP contribution in [0, 0.1) is 0 Å². The average molecular weight is 345 g/mol. The van der Waals surface area contributed by atoms with Crippen LogP contribution in [0.3, 0.4) is 0 Å². The van der Waals surface area contributed by atoms with Crippen molar-refractivity contribution in [2.24, 2.45) is 0 Å². The number of unbranched alkanes of at least 4 members (excludes halogenated alkanes) is 9. The van der Waals surface area contributed by atoms with E-state index in [9.17, 15) is 4.79 Å². The summed E-state index contributed by atoms with van der Waals surface area (Å²) in [6.45, 7) is 5.99. The van der Waals surface area contributed by atoms with Crippen molar-refractivity contribution in [2.75, 3.05) is 6.61 Å². The highest BCUT2D eigenvalue weighted by molar-refractivity contribution is 5.82. The first-order valence-electron chi connectivity index (χ1n) is 9.75. The monoisotopic (exact) mass is 344 g/mol. The summed E-state index contributed by atoms with van der Waals surface area (Å²) >= 11 is 0. The molecule has 0 N–H and O–H groups in total. The Morgan fingerprint density at radius 1 is 0.800 bits per heavy atom. The third-order valence-corrected chi connectivity index (χ3v) is 3.74. The highest BCUT2D eigenvalue weighted by Gasteiger charge is 1.91. The van der Waals surface area contributed by atoms with E-state index < -0.39 is 0 Å². The Hall–Kier alpha value is -1.83. The first kappa shape index (κ1) is 23.2. The molecule has 140 valence electrons. The zero-order valence-corrected chi connectivity index (χ0v) is 16.0. The zero-order valence-electron chi connectivity index (χ0n) is 16.0. The lowest BCUT2D eigenvalue weighted by Gasteiger charge is -2.00. The molecule has 0 aliphatic carbocycles. The van der Waals surface area contributed by atoms with Crippen LogP contribution in [0.15, 0.2) is 61.3 Å². The van der Waals surface area contributed by atoms with E-state index in [1.807, 2.05) is 18.2 Å². The second-order valence-electron chi connectivity index (χ2n) is 6.09. The molecule has 0 saturated carbocycles. The predicted octanol–water partition coefficient (Wildman–Crippen LogP) is 6.86. The molecule has 0 aromatic rings. The quantitative estimate of drug-likeness (QED) is 0.100. The third-order valence-electron chi connectivity index (χ3n) is 3.74. The van der Waals surface area contributed by atoms with Crippen molar-refractivity contribution in [3.05, 3.63) is 61.3 Å². The molecule has 2 heteroatoms. The summed E-state index contributed by atoms with van der Waals surface area (Å²) < 4.78 is 4.81. The Bertz CT molecular complexity index is 427. The van der Waals surface area contributed by atoms with Crippen LogP contribution in [-0.4, -0.2) is 12.6 Å². The summed E-state index contributed by atoms with van der Waals surface area (Å²) in [5, 5.41) is 0. The van der Waals surface area contributed by atoms with E-state index >= 15 is 0 Å². The van der Waals surface area contributed by atoms with Crippen molar-refractivity contribution in [3.8, 4) is 0 Å². The fourth-order valence-electron chi connectivity index (χ4n) is 2.33. The first-order valence-corrected chi connectivity index (χ1v) is 9.75. The number of ether oxygens (including phenoxy) is 1. The highest BCUT2D eigenvalue weighted by Crippen LogP contribution is 2.10. The zero-order chi connectivity index (χ0) is 18.4. The van der Waals surface area contributed by atoms with Crippen LogP contribution in [0.4, 0.5) is 0 Å². The molecule has 0 aliphatic heterocycles. The van der Waals surface area contributed by atoms with Gasteiger partial charge >= 0.3 is 5.97 Å². The third kappa shape index (κ3) is 20.1. The molecule has 25 heavy (non-hydrogen) atoms. The van der Waals surface area contributed by atoms with Gasteiger partial charge in [-0.05, 0) is 12.8 Å². The van der Waals surface area contributed by atoms with E-state index in [1.54, 1.807) is 18.2 Å². The van der Waals surface area contributed by atoms with E-state index in [2.05, 4.69) is 25.7 Å². The molecule has 0 saturated heterocycles. The molecule has 0 fully saturated rings. The Morgan fingerprint density at radius 2 is 1.36 bits per heavy atom. The number of rotatable bonds is 16. The van der Waals surface area contributed by atoms with Crippen molar-refractivity contribution in [2.45, 2.75) is 71.1 Å². The molecule has 0 rings (SSSR count). The lowest BCUT2D eigenvalue weighted by molar-refractivity contribution is -0.136. The molecule has 0 aromatic carbocycles. The molecule has 0 aliphatic rings. The maximum Gasteiger partial charge on any atom is 0.331 e. The lowest BCUT2D eigenvalue weighted by atomic mass is 10.1. The molecule has 0 spiro atoms. The maximum atomic E-state index is 11.1. The fraction of sp³-hybridized carbons (Fsp3) is 0.522. The molecule has 0 aromatic heterocycles. The van der Waals surface area contributed by atoms with Gasteiger partial charge < -0.3 is 4.74 Å². The van der Waals surface area contributed by atoms with Crippen LogP contribution in [0.5, 0.6) is 0 Å². The smallest absolute Gasteiger partial charge is 0.331 e. The van der Waals surface area contributed by atoms with Crippen molar-refractivity contribution >= 4 is 5.97 Å². The fourth-order valence-corrected chi connectivity index (χ4v) is 2.33. The van der Waals surface area contributed by atoms with Gasteiger partial charge in [0.25, 0.3) is 0 Å². The summed E-state index contributed by atoms with van der Waals surface area (Å²) in [5.74, 6) is -0.352. The minimum atomic E-state index is -0.352. The second kappa shape index (κ2) is 20.2. The van der Waals surface area contributed by atoms with Gasteiger partial charge in [0.1, 0.15) is 6.61 Å². The number of hydrogen-bond acceptors (Lipinski definition) is 2. The molecule has 0 radical (unpaired) electrons. The van der Waals surface area contributed by atoms with E-state index in [1.165, 1.54) is 63.9 Å². The van der Waals surface area contributed by atoms with Gasteiger partial charge in [0.15, 0.2) is 0 Å². The van der Waals surface area contributed by atoms with E-state index in [4.69, 9.17) is 4.74 Å².